The van der Waals surface area contributed by atoms with E-state index >= 15 is 0 Å². The third-order valence-electron chi connectivity index (χ3n) is 2.91. The largest absolute Gasteiger partial charge is 0.356 e. The molecule has 3 nitrogen and oxygen atoms in total. The third kappa shape index (κ3) is 6.40. The summed E-state index contributed by atoms with van der Waals surface area (Å²) in [6.07, 6.45) is 2.50. The Balaban J connectivity index is 2.10. The highest BCUT2D eigenvalue weighted by molar-refractivity contribution is 5.75. The molecule has 0 aliphatic heterocycles. The second kappa shape index (κ2) is 8.70. The van der Waals surface area contributed by atoms with Crippen molar-refractivity contribution in [2.75, 3.05) is 20.1 Å². The zero-order chi connectivity index (χ0) is 13.2. The molecule has 0 fully saturated rings. The number of benzene rings is 1. The molecule has 0 heterocycles. The van der Waals surface area contributed by atoms with Crippen molar-refractivity contribution in [2.24, 2.45) is 5.92 Å². The van der Waals surface area contributed by atoms with Crippen LogP contribution >= 0.6 is 0 Å². The number of nitrogens with one attached hydrogen (secondary N) is 2. The molecule has 0 radical (unpaired) electrons. The molecule has 1 unspecified atom stereocenters. The van der Waals surface area contributed by atoms with Crippen LogP contribution in [0.1, 0.15) is 25.3 Å². The van der Waals surface area contributed by atoms with Gasteiger partial charge >= 0.3 is 0 Å². The van der Waals surface area contributed by atoms with Crippen molar-refractivity contribution >= 4 is 5.91 Å². The summed E-state index contributed by atoms with van der Waals surface area (Å²) in [6.45, 7) is 3.82. The molecule has 2 N–H and O–H groups in total. The van der Waals surface area contributed by atoms with Crippen molar-refractivity contribution in [1.82, 2.24) is 10.6 Å². The molecule has 0 bridgehead atoms. The lowest BCUT2D eigenvalue weighted by Gasteiger charge is -2.11. The van der Waals surface area contributed by atoms with Gasteiger partial charge in [-0.1, -0.05) is 37.3 Å². The summed E-state index contributed by atoms with van der Waals surface area (Å²) < 4.78 is 0. The first-order valence-corrected chi connectivity index (χ1v) is 6.67. The summed E-state index contributed by atoms with van der Waals surface area (Å²) in [7, 11) is 1.93. The van der Waals surface area contributed by atoms with Crippen molar-refractivity contribution in [1.29, 1.82) is 0 Å². The Morgan fingerprint density at radius 2 is 1.94 bits per heavy atom. The second-order valence-electron chi connectivity index (χ2n) is 4.81. The van der Waals surface area contributed by atoms with E-state index in [1.54, 1.807) is 0 Å². The maximum absolute atomic E-state index is 11.6. The maximum atomic E-state index is 11.6. The highest BCUT2D eigenvalue weighted by Gasteiger charge is 2.04. The lowest BCUT2D eigenvalue weighted by molar-refractivity contribution is -0.121. The van der Waals surface area contributed by atoms with Crippen LogP contribution in [0.4, 0.5) is 0 Å². The molecule has 0 saturated heterocycles. The quantitative estimate of drug-likeness (QED) is 0.738. The summed E-state index contributed by atoms with van der Waals surface area (Å²) in [4.78, 5) is 11.6. The smallest absolute Gasteiger partial charge is 0.220 e. The summed E-state index contributed by atoms with van der Waals surface area (Å²) in [5.74, 6) is 0.641. The minimum atomic E-state index is 0.161. The van der Waals surface area contributed by atoms with Crippen LogP contribution in [0.2, 0.25) is 0 Å². The van der Waals surface area contributed by atoms with Gasteiger partial charge in [0.1, 0.15) is 0 Å². The molecule has 0 aliphatic carbocycles. The first kappa shape index (κ1) is 14.7. The van der Waals surface area contributed by atoms with E-state index < -0.39 is 0 Å². The number of hydrogen-bond acceptors (Lipinski definition) is 2. The van der Waals surface area contributed by atoms with Gasteiger partial charge in [0, 0.05) is 13.0 Å². The number of amides is 1. The number of rotatable bonds is 8. The molecule has 0 aliphatic rings. The molecule has 0 aromatic heterocycles. The first-order chi connectivity index (χ1) is 8.72. The Morgan fingerprint density at radius 1 is 1.22 bits per heavy atom. The fourth-order valence-electron chi connectivity index (χ4n) is 1.89. The van der Waals surface area contributed by atoms with Gasteiger partial charge in [0.2, 0.25) is 5.91 Å². The predicted octanol–water partition coefficient (Wildman–Crippen LogP) is 1.98. The van der Waals surface area contributed by atoms with Gasteiger partial charge in [-0.05, 0) is 37.9 Å². The third-order valence-corrected chi connectivity index (χ3v) is 2.91. The van der Waals surface area contributed by atoms with Gasteiger partial charge in [0.05, 0.1) is 0 Å². The lowest BCUT2D eigenvalue weighted by Crippen LogP contribution is -2.32. The van der Waals surface area contributed by atoms with Crippen molar-refractivity contribution in [2.45, 2.75) is 26.2 Å². The highest BCUT2D eigenvalue weighted by Crippen LogP contribution is 2.04. The van der Waals surface area contributed by atoms with Crippen LogP contribution in [-0.2, 0) is 11.2 Å². The van der Waals surface area contributed by atoms with E-state index in [-0.39, 0.29) is 5.91 Å². The fourth-order valence-corrected chi connectivity index (χ4v) is 1.89. The van der Waals surface area contributed by atoms with Crippen LogP contribution < -0.4 is 10.6 Å². The van der Waals surface area contributed by atoms with E-state index in [1.807, 2.05) is 25.2 Å². The fraction of sp³-hybridized carbons (Fsp3) is 0.533. The maximum Gasteiger partial charge on any atom is 0.220 e. The first-order valence-electron chi connectivity index (χ1n) is 6.67. The summed E-state index contributed by atoms with van der Waals surface area (Å²) >= 11 is 0. The number of carbonyl (C=O) groups is 1. The lowest BCUT2D eigenvalue weighted by atomic mass is 10.1. The molecular weight excluding hydrogens is 224 g/mol. The van der Waals surface area contributed by atoms with E-state index in [0.29, 0.717) is 12.3 Å². The van der Waals surface area contributed by atoms with Gasteiger partial charge in [-0.2, -0.15) is 0 Å². The average Bonchev–Trinajstić information content (AvgIpc) is 2.38. The second-order valence-corrected chi connectivity index (χ2v) is 4.81. The van der Waals surface area contributed by atoms with Gasteiger partial charge in [-0.3, -0.25) is 4.79 Å². The minimum Gasteiger partial charge on any atom is -0.356 e. The van der Waals surface area contributed by atoms with E-state index in [1.165, 1.54) is 5.56 Å². The number of aryl methyl sites for hydroxylation is 1. The van der Waals surface area contributed by atoms with Crippen molar-refractivity contribution < 1.29 is 4.79 Å². The van der Waals surface area contributed by atoms with Crippen LogP contribution in [0.25, 0.3) is 0 Å². The molecule has 1 aromatic rings. The molecule has 18 heavy (non-hydrogen) atoms. The van der Waals surface area contributed by atoms with Crippen molar-refractivity contribution in [3.63, 3.8) is 0 Å². The standard InChI is InChI=1S/C15H24N2O/c1-13(11-16-2)12-17-15(18)10-6-9-14-7-4-3-5-8-14/h3-5,7-8,13,16H,6,9-12H2,1-2H3,(H,17,18). The zero-order valence-electron chi connectivity index (χ0n) is 11.4. The van der Waals surface area contributed by atoms with Crippen molar-refractivity contribution in [3.05, 3.63) is 35.9 Å². The Morgan fingerprint density at radius 3 is 2.61 bits per heavy atom. The van der Waals surface area contributed by atoms with Crippen LogP contribution in [0.15, 0.2) is 30.3 Å². The molecule has 100 valence electrons. The molecule has 0 spiro atoms. The Bertz CT molecular complexity index is 338. The Labute approximate surface area is 110 Å². The topological polar surface area (TPSA) is 41.1 Å². The minimum absolute atomic E-state index is 0.161. The van der Waals surface area contributed by atoms with Crippen LogP contribution in [0.5, 0.6) is 0 Å². The molecule has 0 saturated carbocycles. The molecular formula is C15H24N2O. The van der Waals surface area contributed by atoms with Gasteiger partial charge in [-0.25, -0.2) is 0 Å². The normalized spacial score (nSPS) is 12.1. The van der Waals surface area contributed by atoms with Crippen LogP contribution in [-0.4, -0.2) is 26.0 Å². The molecule has 1 atom stereocenters. The molecule has 3 heteroatoms. The Hall–Kier alpha value is -1.35. The molecule has 1 rings (SSSR count). The molecule has 1 aromatic carbocycles. The number of hydrogen-bond donors (Lipinski definition) is 2. The summed E-state index contributed by atoms with van der Waals surface area (Å²) in [6, 6.07) is 10.3. The summed E-state index contributed by atoms with van der Waals surface area (Å²) in [5.41, 5.74) is 1.30. The zero-order valence-corrected chi connectivity index (χ0v) is 11.4. The SMILES string of the molecule is CNCC(C)CNC(=O)CCCc1ccccc1. The Kier molecular flexibility index (Phi) is 7.11. The van der Waals surface area contributed by atoms with Gasteiger partial charge in [0.25, 0.3) is 0 Å². The van der Waals surface area contributed by atoms with E-state index in [9.17, 15) is 4.79 Å². The predicted molar refractivity (Wildman–Crippen MR) is 75.5 cm³/mol. The van der Waals surface area contributed by atoms with E-state index in [4.69, 9.17) is 0 Å². The van der Waals surface area contributed by atoms with E-state index in [0.717, 1.165) is 25.9 Å². The van der Waals surface area contributed by atoms with Gasteiger partial charge < -0.3 is 10.6 Å². The van der Waals surface area contributed by atoms with Gasteiger partial charge in [0.15, 0.2) is 0 Å². The molecule has 1 amide bonds. The van der Waals surface area contributed by atoms with Crippen LogP contribution in [0.3, 0.4) is 0 Å². The van der Waals surface area contributed by atoms with Gasteiger partial charge in [-0.15, -0.1) is 0 Å². The number of carbonyl (C=O) groups excluding carboxylic acids is 1. The monoisotopic (exact) mass is 248 g/mol. The average molecular weight is 248 g/mol. The van der Waals surface area contributed by atoms with Crippen LogP contribution in [0, 0.1) is 5.92 Å². The highest BCUT2D eigenvalue weighted by atomic mass is 16.1. The van der Waals surface area contributed by atoms with E-state index in [2.05, 4.69) is 29.7 Å². The van der Waals surface area contributed by atoms with Crippen molar-refractivity contribution in [3.8, 4) is 0 Å². The summed E-state index contributed by atoms with van der Waals surface area (Å²) in [5, 5.41) is 6.08.